The highest BCUT2D eigenvalue weighted by molar-refractivity contribution is 6.33. The molecule has 144 valence electrons. The average molecular weight is 386 g/mol. The predicted molar refractivity (Wildman–Crippen MR) is 108 cm³/mol. The van der Waals surface area contributed by atoms with E-state index in [9.17, 15) is 14.7 Å². The first-order valence-corrected chi connectivity index (χ1v) is 9.02. The van der Waals surface area contributed by atoms with Crippen molar-refractivity contribution >= 4 is 23.5 Å². The molecule has 0 radical (unpaired) electrons. The lowest BCUT2D eigenvalue weighted by Crippen LogP contribution is -2.41. The minimum Gasteiger partial charge on any atom is -0.504 e. The van der Waals surface area contributed by atoms with E-state index in [0.29, 0.717) is 33.7 Å². The lowest BCUT2D eigenvalue weighted by molar-refractivity contribution is -0.123. The number of nitrogens with zero attached hydrogens (tertiary/aromatic N) is 2. The quantitative estimate of drug-likeness (QED) is 0.548. The maximum absolute atomic E-state index is 13.3. The van der Waals surface area contributed by atoms with Gasteiger partial charge in [0.2, 0.25) is 0 Å². The third kappa shape index (κ3) is 3.48. The summed E-state index contributed by atoms with van der Waals surface area (Å²) in [6.07, 6.45) is 3.32. The summed E-state index contributed by atoms with van der Waals surface area (Å²) in [7, 11) is 1.46. The Morgan fingerprint density at radius 1 is 1.00 bits per heavy atom. The van der Waals surface area contributed by atoms with Crippen molar-refractivity contribution in [3.8, 4) is 11.5 Å². The molecule has 3 aromatic rings. The second-order valence-corrected chi connectivity index (χ2v) is 6.55. The molecule has 1 aromatic heterocycles. The summed E-state index contributed by atoms with van der Waals surface area (Å²) >= 11 is 0. The van der Waals surface area contributed by atoms with E-state index in [-0.39, 0.29) is 18.2 Å². The van der Waals surface area contributed by atoms with Gasteiger partial charge in [0.25, 0.3) is 11.8 Å². The Kier molecular flexibility index (Phi) is 4.83. The van der Waals surface area contributed by atoms with E-state index in [1.807, 2.05) is 6.07 Å². The smallest absolute Gasteiger partial charge is 0.261 e. The Labute approximate surface area is 167 Å². The van der Waals surface area contributed by atoms with Crippen LogP contribution in [0.2, 0.25) is 0 Å². The van der Waals surface area contributed by atoms with Gasteiger partial charge in [0.05, 0.1) is 19.3 Å². The van der Waals surface area contributed by atoms with Crippen molar-refractivity contribution in [2.75, 3.05) is 7.11 Å². The molecule has 1 N–H and O–H groups in total. The summed E-state index contributed by atoms with van der Waals surface area (Å²) < 4.78 is 5.15. The number of methoxy groups -OCH3 is 1. The van der Waals surface area contributed by atoms with Gasteiger partial charge in [-0.3, -0.25) is 19.5 Å². The lowest BCUT2D eigenvalue weighted by Gasteiger charge is -2.28. The van der Waals surface area contributed by atoms with Gasteiger partial charge in [-0.25, -0.2) is 0 Å². The number of amides is 2. The van der Waals surface area contributed by atoms with Gasteiger partial charge < -0.3 is 9.84 Å². The number of pyridine rings is 1. The van der Waals surface area contributed by atoms with Crippen molar-refractivity contribution in [3.63, 3.8) is 0 Å². The molecule has 2 amide bonds. The number of aromatic nitrogens is 1. The molecule has 1 aliphatic rings. The molecule has 6 heteroatoms. The van der Waals surface area contributed by atoms with Crippen LogP contribution in [0.15, 0.2) is 66.9 Å². The zero-order chi connectivity index (χ0) is 20.4. The van der Waals surface area contributed by atoms with Crippen LogP contribution in [0.5, 0.6) is 11.5 Å². The fourth-order valence-corrected chi connectivity index (χ4v) is 3.29. The Morgan fingerprint density at radius 2 is 1.76 bits per heavy atom. The standard InChI is InChI=1S/C23H18N2O4/c1-29-21-13-15(9-10-20(21)26)12-19-17-7-2-3-8-18(17)22(27)25(23(19)28)14-16-6-4-5-11-24-16/h2-13,26H,14H2,1H3/b19-12+. The van der Waals surface area contributed by atoms with Gasteiger partial charge in [-0.05, 0) is 47.5 Å². The second-order valence-electron chi connectivity index (χ2n) is 6.55. The topological polar surface area (TPSA) is 79.7 Å². The summed E-state index contributed by atoms with van der Waals surface area (Å²) in [5, 5.41) is 9.82. The third-order valence-electron chi connectivity index (χ3n) is 4.73. The van der Waals surface area contributed by atoms with Crippen LogP contribution in [0.1, 0.15) is 27.2 Å². The molecule has 0 atom stereocenters. The first-order valence-electron chi connectivity index (χ1n) is 9.02. The molecule has 2 heterocycles. The minimum absolute atomic E-state index is 0.0111. The van der Waals surface area contributed by atoms with Crippen LogP contribution in [0.4, 0.5) is 0 Å². The van der Waals surface area contributed by atoms with Gasteiger partial charge in [-0.2, -0.15) is 0 Å². The molecule has 0 bridgehead atoms. The summed E-state index contributed by atoms with van der Waals surface area (Å²) in [5.41, 5.74) is 2.72. The molecule has 0 fully saturated rings. The molecular formula is C23H18N2O4. The van der Waals surface area contributed by atoms with Crippen LogP contribution >= 0.6 is 0 Å². The Morgan fingerprint density at radius 3 is 2.48 bits per heavy atom. The van der Waals surface area contributed by atoms with Crippen LogP contribution in [0.3, 0.4) is 0 Å². The van der Waals surface area contributed by atoms with Crippen molar-refractivity contribution in [1.29, 1.82) is 0 Å². The van der Waals surface area contributed by atoms with Crippen LogP contribution in [0.25, 0.3) is 11.6 Å². The third-order valence-corrected chi connectivity index (χ3v) is 4.73. The monoisotopic (exact) mass is 386 g/mol. The van der Waals surface area contributed by atoms with E-state index in [1.54, 1.807) is 60.8 Å². The number of phenols is 1. The Hall–Kier alpha value is -3.93. The summed E-state index contributed by atoms with van der Waals surface area (Å²) in [6.45, 7) is 0.0864. The maximum Gasteiger partial charge on any atom is 0.261 e. The molecule has 2 aromatic carbocycles. The number of imide groups is 1. The fraction of sp³-hybridized carbons (Fsp3) is 0.0870. The van der Waals surface area contributed by atoms with Crippen LogP contribution in [-0.4, -0.2) is 33.9 Å². The summed E-state index contributed by atoms with van der Waals surface area (Å²) in [6, 6.07) is 17.2. The van der Waals surface area contributed by atoms with Gasteiger partial charge in [0, 0.05) is 17.3 Å². The molecule has 29 heavy (non-hydrogen) atoms. The number of phenolic OH excluding ortho intramolecular Hbond substituents is 1. The van der Waals surface area contributed by atoms with E-state index in [4.69, 9.17) is 4.74 Å². The van der Waals surface area contributed by atoms with Crippen molar-refractivity contribution in [2.45, 2.75) is 6.54 Å². The second kappa shape index (κ2) is 7.59. The van der Waals surface area contributed by atoms with Crippen LogP contribution in [-0.2, 0) is 11.3 Å². The number of carbonyl (C=O) groups excluding carboxylic acids is 2. The highest BCUT2D eigenvalue weighted by Gasteiger charge is 2.34. The highest BCUT2D eigenvalue weighted by atomic mass is 16.5. The SMILES string of the molecule is COc1cc(/C=C2/C(=O)N(Cc3ccccn3)C(=O)c3ccccc32)ccc1O. The molecule has 0 spiro atoms. The summed E-state index contributed by atoms with van der Waals surface area (Å²) in [4.78, 5) is 31.7. The Balaban J connectivity index is 1.81. The number of hydrogen-bond donors (Lipinski definition) is 1. The van der Waals surface area contributed by atoms with Crippen molar-refractivity contribution in [3.05, 3.63) is 89.2 Å². The number of hydrogen-bond acceptors (Lipinski definition) is 5. The van der Waals surface area contributed by atoms with Gasteiger partial charge in [0.1, 0.15) is 0 Å². The first kappa shape index (κ1) is 18.4. The maximum atomic E-state index is 13.3. The normalized spacial score (nSPS) is 14.8. The van der Waals surface area contributed by atoms with Crippen molar-refractivity contribution in [1.82, 2.24) is 9.88 Å². The Bertz CT molecular complexity index is 1120. The van der Waals surface area contributed by atoms with Crippen molar-refractivity contribution < 1.29 is 19.4 Å². The predicted octanol–water partition coefficient (Wildman–Crippen LogP) is 3.52. The van der Waals surface area contributed by atoms with E-state index >= 15 is 0 Å². The molecule has 0 aliphatic carbocycles. The molecule has 1 aliphatic heterocycles. The molecular weight excluding hydrogens is 368 g/mol. The van der Waals surface area contributed by atoms with Crippen LogP contribution < -0.4 is 4.74 Å². The zero-order valence-corrected chi connectivity index (χ0v) is 15.7. The minimum atomic E-state index is -0.397. The average Bonchev–Trinajstić information content (AvgIpc) is 2.76. The van der Waals surface area contributed by atoms with E-state index < -0.39 is 5.91 Å². The largest absolute Gasteiger partial charge is 0.504 e. The van der Waals surface area contributed by atoms with E-state index in [0.717, 1.165) is 0 Å². The van der Waals surface area contributed by atoms with Crippen LogP contribution in [0, 0.1) is 0 Å². The molecule has 0 saturated heterocycles. The number of rotatable bonds is 4. The molecule has 6 nitrogen and oxygen atoms in total. The molecule has 0 unspecified atom stereocenters. The highest BCUT2D eigenvalue weighted by Crippen LogP contribution is 2.33. The van der Waals surface area contributed by atoms with E-state index in [1.165, 1.54) is 18.1 Å². The molecule has 0 saturated carbocycles. The van der Waals surface area contributed by atoms with Gasteiger partial charge in [0.15, 0.2) is 11.5 Å². The van der Waals surface area contributed by atoms with Gasteiger partial charge >= 0.3 is 0 Å². The lowest BCUT2D eigenvalue weighted by atomic mass is 9.92. The zero-order valence-electron chi connectivity index (χ0n) is 15.7. The first-order chi connectivity index (χ1) is 14.1. The van der Waals surface area contributed by atoms with E-state index in [2.05, 4.69) is 4.98 Å². The number of carbonyl (C=O) groups is 2. The number of fused-ring (bicyclic) bond motifs is 1. The summed E-state index contributed by atoms with van der Waals surface area (Å²) in [5.74, 6) is -0.433. The number of ether oxygens (including phenoxy) is 1. The van der Waals surface area contributed by atoms with Gasteiger partial charge in [-0.1, -0.05) is 30.3 Å². The van der Waals surface area contributed by atoms with Gasteiger partial charge in [-0.15, -0.1) is 0 Å². The molecule has 4 rings (SSSR count). The van der Waals surface area contributed by atoms with Crippen molar-refractivity contribution in [2.24, 2.45) is 0 Å². The number of benzene rings is 2. The number of aromatic hydroxyl groups is 1. The fourth-order valence-electron chi connectivity index (χ4n) is 3.29.